The van der Waals surface area contributed by atoms with Gasteiger partial charge in [-0.25, -0.2) is 4.39 Å². The van der Waals surface area contributed by atoms with Gasteiger partial charge in [-0.1, -0.05) is 12.1 Å². The molecule has 0 fully saturated rings. The number of benzene rings is 1. The Morgan fingerprint density at radius 3 is 2.75 bits per heavy atom. The minimum Gasteiger partial charge on any atom is -0.264 e. The van der Waals surface area contributed by atoms with E-state index in [0.717, 1.165) is 11.8 Å². The van der Waals surface area contributed by atoms with Crippen LogP contribution in [0.25, 0.3) is 0 Å². The number of nitro groups is 1. The standard InChI is InChI=1S/C7H6FNO2S/c8-6-3-1-2-4-7(6)12-5-9(10)11/h1-4H,5H2. The third-order valence-electron chi connectivity index (χ3n) is 1.16. The van der Waals surface area contributed by atoms with E-state index < -0.39 is 10.7 Å². The lowest BCUT2D eigenvalue weighted by molar-refractivity contribution is -0.456. The zero-order valence-corrected chi connectivity index (χ0v) is 6.88. The van der Waals surface area contributed by atoms with Crippen molar-refractivity contribution in [1.29, 1.82) is 0 Å². The summed E-state index contributed by atoms with van der Waals surface area (Å²) in [6, 6.07) is 5.99. The van der Waals surface area contributed by atoms with E-state index in [4.69, 9.17) is 0 Å². The van der Waals surface area contributed by atoms with E-state index in [1.165, 1.54) is 12.1 Å². The Hall–Kier alpha value is -1.10. The summed E-state index contributed by atoms with van der Waals surface area (Å²) in [7, 11) is 0. The predicted octanol–water partition coefficient (Wildman–Crippen LogP) is 2.15. The van der Waals surface area contributed by atoms with Gasteiger partial charge < -0.3 is 0 Å². The van der Waals surface area contributed by atoms with Gasteiger partial charge in [0.1, 0.15) is 5.82 Å². The predicted molar refractivity (Wildman–Crippen MR) is 44.1 cm³/mol. The molecule has 1 aromatic rings. The molecule has 0 aliphatic rings. The average molecular weight is 187 g/mol. The highest BCUT2D eigenvalue weighted by Crippen LogP contribution is 2.20. The van der Waals surface area contributed by atoms with Crippen LogP contribution in [0.3, 0.4) is 0 Å². The molecule has 0 aromatic heterocycles. The molecule has 0 atom stereocenters. The average Bonchev–Trinajstić information content (AvgIpc) is 2.03. The maximum Gasteiger partial charge on any atom is 0.253 e. The smallest absolute Gasteiger partial charge is 0.253 e. The molecule has 0 bridgehead atoms. The Morgan fingerprint density at radius 2 is 2.17 bits per heavy atom. The van der Waals surface area contributed by atoms with Gasteiger partial charge in [-0.15, -0.1) is 0 Å². The molecule has 0 saturated heterocycles. The molecule has 0 amide bonds. The quantitative estimate of drug-likeness (QED) is 0.315. The van der Waals surface area contributed by atoms with Gasteiger partial charge in [0, 0.05) is 9.82 Å². The fourth-order valence-electron chi connectivity index (χ4n) is 0.684. The van der Waals surface area contributed by atoms with E-state index >= 15 is 0 Å². The van der Waals surface area contributed by atoms with Gasteiger partial charge in [0.2, 0.25) is 0 Å². The molecule has 64 valence electrons. The first-order chi connectivity index (χ1) is 5.70. The number of halogens is 1. The molecule has 3 nitrogen and oxygen atoms in total. The summed E-state index contributed by atoms with van der Waals surface area (Å²) >= 11 is 0.881. The van der Waals surface area contributed by atoms with E-state index in [2.05, 4.69) is 0 Å². The molecule has 0 unspecified atom stereocenters. The third-order valence-corrected chi connectivity index (χ3v) is 2.14. The number of hydrogen-bond acceptors (Lipinski definition) is 3. The summed E-state index contributed by atoms with van der Waals surface area (Å²) in [5.41, 5.74) is 0. The molecule has 0 aliphatic heterocycles. The van der Waals surface area contributed by atoms with Crippen molar-refractivity contribution in [2.24, 2.45) is 0 Å². The van der Waals surface area contributed by atoms with Gasteiger partial charge in [-0.2, -0.15) is 0 Å². The number of rotatable bonds is 3. The SMILES string of the molecule is O=[N+]([O-])CSc1ccccc1F. The second-order valence-electron chi connectivity index (χ2n) is 2.04. The number of nitrogens with zero attached hydrogens (tertiary/aromatic N) is 1. The second kappa shape index (κ2) is 4.06. The van der Waals surface area contributed by atoms with Gasteiger partial charge in [0.15, 0.2) is 0 Å². The van der Waals surface area contributed by atoms with Gasteiger partial charge in [-0.05, 0) is 23.9 Å². The summed E-state index contributed by atoms with van der Waals surface area (Å²) in [6.07, 6.45) is 0. The highest BCUT2D eigenvalue weighted by molar-refractivity contribution is 7.99. The van der Waals surface area contributed by atoms with Crippen LogP contribution < -0.4 is 0 Å². The maximum absolute atomic E-state index is 12.8. The fraction of sp³-hybridized carbons (Fsp3) is 0.143. The molecule has 5 heteroatoms. The summed E-state index contributed by atoms with van der Waals surface area (Å²) in [5.74, 6) is -0.717. The zero-order chi connectivity index (χ0) is 8.97. The van der Waals surface area contributed by atoms with E-state index in [-0.39, 0.29) is 5.88 Å². The lowest BCUT2D eigenvalue weighted by Crippen LogP contribution is -1.95. The molecule has 0 N–H and O–H groups in total. The first kappa shape index (κ1) is 8.99. The highest BCUT2D eigenvalue weighted by atomic mass is 32.2. The van der Waals surface area contributed by atoms with Crippen LogP contribution in [0.15, 0.2) is 29.2 Å². The molecule has 0 heterocycles. The van der Waals surface area contributed by atoms with Crippen molar-refractivity contribution in [2.75, 3.05) is 5.88 Å². The van der Waals surface area contributed by atoms with E-state index in [1.807, 2.05) is 0 Å². The third kappa shape index (κ3) is 2.50. The van der Waals surface area contributed by atoms with Crippen LogP contribution in [0, 0.1) is 15.9 Å². The molecule has 0 spiro atoms. The fourth-order valence-corrected chi connectivity index (χ4v) is 1.31. The topological polar surface area (TPSA) is 43.1 Å². The van der Waals surface area contributed by atoms with E-state index in [9.17, 15) is 14.5 Å². The lowest BCUT2D eigenvalue weighted by atomic mass is 10.4. The summed E-state index contributed by atoms with van der Waals surface area (Å²) in [6.45, 7) is 0. The molecule has 1 rings (SSSR count). The van der Waals surface area contributed by atoms with E-state index in [0.29, 0.717) is 4.90 Å². The van der Waals surface area contributed by atoms with Crippen molar-refractivity contribution in [3.05, 3.63) is 40.2 Å². The van der Waals surface area contributed by atoms with Crippen molar-refractivity contribution < 1.29 is 9.31 Å². The van der Waals surface area contributed by atoms with E-state index in [1.54, 1.807) is 12.1 Å². The minimum absolute atomic E-state index is 0.305. The van der Waals surface area contributed by atoms with Crippen LogP contribution in [-0.2, 0) is 0 Å². The van der Waals surface area contributed by atoms with Crippen LogP contribution in [0.5, 0.6) is 0 Å². The van der Waals surface area contributed by atoms with Crippen molar-refractivity contribution in [2.45, 2.75) is 4.90 Å². The first-order valence-electron chi connectivity index (χ1n) is 3.19. The van der Waals surface area contributed by atoms with Gasteiger partial charge in [-0.3, -0.25) is 10.1 Å². The van der Waals surface area contributed by atoms with Crippen molar-refractivity contribution >= 4 is 11.8 Å². The normalized spacial score (nSPS) is 9.75. The molecule has 12 heavy (non-hydrogen) atoms. The van der Waals surface area contributed by atoms with Gasteiger partial charge in [0.05, 0.1) is 0 Å². The van der Waals surface area contributed by atoms with Crippen LogP contribution in [-0.4, -0.2) is 10.8 Å². The van der Waals surface area contributed by atoms with Crippen LogP contribution >= 0.6 is 11.8 Å². The Kier molecular flexibility index (Phi) is 3.04. The van der Waals surface area contributed by atoms with Crippen LogP contribution in [0.4, 0.5) is 4.39 Å². The minimum atomic E-state index is -0.489. The van der Waals surface area contributed by atoms with Crippen LogP contribution in [0.1, 0.15) is 0 Å². The molecule has 0 aliphatic carbocycles. The Balaban J connectivity index is 2.63. The van der Waals surface area contributed by atoms with Crippen molar-refractivity contribution in [3.8, 4) is 0 Å². The van der Waals surface area contributed by atoms with Gasteiger partial charge >= 0.3 is 0 Å². The molecular weight excluding hydrogens is 181 g/mol. The van der Waals surface area contributed by atoms with Crippen LogP contribution in [0.2, 0.25) is 0 Å². The van der Waals surface area contributed by atoms with Crippen molar-refractivity contribution in [1.82, 2.24) is 0 Å². The van der Waals surface area contributed by atoms with Gasteiger partial charge in [0.25, 0.3) is 5.88 Å². The molecule has 1 aromatic carbocycles. The van der Waals surface area contributed by atoms with Crippen molar-refractivity contribution in [3.63, 3.8) is 0 Å². The molecular formula is C7H6FNO2S. The summed E-state index contributed by atoms with van der Waals surface area (Å²) in [4.78, 5) is 9.77. The summed E-state index contributed by atoms with van der Waals surface area (Å²) < 4.78 is 12.8. The number of hydrogen-bond donors (Lipinski definition) is 0. The second-order valence-corrected chi connectivity index (χ2v) is 3.02. The Labute approximate surface area is 72.7 Å². The number of thioether (sulfide) groups is 1. The zero-order valence-electron chi connectivity index (χ0n) is 6.07. The Bertz CT molecular complexity index is 292. The maximum atomic E-state index is 12.8. The highest BCUT2D eigenvalue weighted by Gasteiger charge is 2.04. The summed E-state index contributed by atoms with van der Waals surface area (Å²) in [5, 5.41) is 9.95. The largest absolute Gasteiger partial charge is 0.264 e. The molecule has 0 saturated carbocycles. The lowest BCUT2D eigenvalue weighted by Gasteiger charge is -1.96. The molecule has 0 radical (unpaired) electrons. The first-order valence-corrected chi connectivity index (χ1v) is 4.18. The monoisotopic (exact) mass is 187 g/mol. The Morgan fingerprint density at radius 1 is 1.50 bits per heavy atom.